The van der Waals surface area contributed by atoms with Gasteiger partial charge in [-0.1, -0.05) is 12.2 Å². The second kappa shape index (κ2) is 3.18. The smallest absolute Gasteiger partial charge is 0.326 e. The number of fused-ring (bicyclic) bond motifs is 5. The summed E-state index contributed by atoms with van der Waals surface area (Å²) >= 11 is 0. The molecular formula is C12H13NO4. The molecule has 2 aliphatic carbocycles. The molecule has 17 heavy (non-hydrogen) atoms. The molecule has 5 nitrogen and oxygen atoms in total. The molecule has 2 fully saturated rings. The van der Waals surface area contributed by atoms with E-state index in [2.05, 4.69) is 0 Å². The Labute approximate surface area is 98.1 Å². The van der Waals surface area contributed by atoms with Gasteiger partial charge in [0.05, 0.1) is 11.8 Å². The van der Waals surface area contributed by atoms with Crippen molar-refractivity contribution >= 4 is 17.8 Å². The van der Waals surface area contributed by atoms with Crippen LogP contribution in [-0.2, 0) is 14.4 Å². The molecule has 1 N–H and O–H groups in total. The molecule has 1 saturated carbocycles. The van der Waals surface area contributed by atoms with Gasteiger partial charge in [-0.25, -0.2) is 4.79 Å². The summed E-state index contributed by atoms with van der Waals surface area (Å²) in [5.41, 5.74) is 0. The first-order valence-corrected chi connectivity index (χ1v) is 5.80. The van der Waals surface area contributed by atoms with Crippen molar-refractivity contribution in [2.24, 2.45) is 23.7 Å². The van der Waals surface area contributed by atoms with Gasteiger partial charge in [-0.2, -0.15) is 0 Å². The molecule has 3 rings (SSSR count). The molecule has 5 atom stereocenters. The summed E-state index contributed by atoms with van der Waals surface area (Å²) in [6.45, 7) is 1.38. The van der Waals surface area contributed by atoms with E-state index < -0.39 is 12.0 Å². The summed E-state index contributed by atoms with van der Waals surface area (Å²) in [5.74, 6) is -2.08. The summed E-state index contributed by atoms with van der Waals surface area (Å²) in [6, 6.07) is -1.06. The lowest BCUT2D eigenvalue weighted by Gasteiger charge is -2.20. The number of aliphatic carboxylic acids is 1. The molecule has 3 aliphatic rings. The van der Waals surface area contributed by atoms with E-state index in [-0.39, 0.29) is 35.5 Å². The van der Waals surface area contributed by atoms with Gasteiger partial charge in [0.1, 0.15) is 6.04 Å². The van der Waals surface area contributed by atoms with Crippen molar-refractivity contribution in [3.8, 4) is 0 Å². The molecule has 0 aromatic rings. The molecule has 0 aromatic carbocycles. The Morgan fingerprint density at radius 3 is 2.18 bits per heavy atom. The zero-order chi connectivity index (χ0) is 12.3. The maximum atomic E-state index is 12.1. The number of amides is 2. The van der Waals surface area contributed by atoms with Crippen molar-refractivity contribution in [2.75, 3.05) is 0 Å². The molecule has 0 unspecified atom stereocenters. The molecule has 5 heteroatoms. The van der Waals surface area contributed by atoms with Crippen LogP contribution in [-0.4, -0.2) is 33.8 Å². The maximum Gasteiger partial charge on any atom is 0.326 e. The Kier molecular flexibility index (Phi) is 1.97. The molecular weight excluding hydrogens is 222 g/mol. The molecule has 1 heterocycles. The lowest BCUT2D eigenvalue weighted by molar-refractivity contribution is -0.154. The van der Waals surface area contributed by atoms with Crippen LogP contribution in [0.25, 0.3) is 0 Å². The summed E-state index contributed by atoms with van der Waals surface area (Å²) in [4.78, 5) is 36.1. The van der Waals surface area contributed by atoms with Gasteiger partial charge in [-0.05, 0) is 25.2 Å². The summed E-state index contributed by atoms with van der Waals surface area (Å²) in [6.07, 6.45) is 4.85. The minimum Gasteiger partial charge on any atom is -0.480 e. The zero-order valence-corrected chi connectivity index (χ0v) is 9.37. The van der Waals surface area contributed by atoms with Gasteiger partial charge in [-0.3, -0.25) is 14.5 Å². The quantitative estimate of drug-likeness (QED) is 0.550. The van der Waals surface area contributed by atoms with E-state index in [0.717, 1.165) is 11.3 Å². The van der Waals surface area contributed by atoms with Crippen LogP contribution in [0, 0.1) is 23.7 Å². The Morgan fingerprint density at radius 2 is 1.76 bits per heavy atom. The van der Waals surface area contributed by atoms with Crippen LogP contribution in [0.4, 0.5) is 0 Å². The predicted molar refractivity (Wildman–Crippen MR) is 56.7 cm³/mol. The molecule has 1 aliphatic heterocycles. The molecule has 1 saturated heterocycles. The third kappa shape index (κ3) is 1.16. The summed E-state index contributed by atoms with van der Waals surface area (Å²) in [7, 11) is 0. The highest BCUT2D eigenvalue weighted by Gasteiger charge is 2.60. The van der Waals surface area contributed by atoms with E-state index >= 15 is 0 Å². The number of carboxylic acids is 1. The fourth-order valence-corrected chi connectivity index (χ4v) is 3.42. The van der Waals surface area contributed by atoms with E-state index in [1.165, 1.54) is 6.92 Å². The third-order valence-electron chi connectivity index (χ3n) is 4.25. The Hall–Kier alpha value is -1.65. The second-order valence-corrected chi connectivity index (χ2v) is 5.06. The van der Waals surface area contributed by atoms with Gasteiger partial charge in [0.2, 0.25) is 11.8 Å². The molecule has 2 bridgehead atoms. The van der Waals surface area contributed by atoms with Crippen molar-refractivity contribution in [1.29, 1.82) is 0 Å². The van der Waals surface area contributed by atoms with Crippen LogP contribution in [0.3, 0.4) is 0 Å². The Balaban J connectivity index is 1.95. The number of hydrogen-bond acceptors (Lipinski definition) is 3. The number of imide groups is 1. The number of carbonyl (C=O) groups is 3. The lowest BCUT2D eigenvalue weighted by atomic mass is 9.85. The predicted octanol–water partition coefficient (Wildman–Crippen LogP) is 0.267. The highest BCUT2D eigenvalue weighted by molar-refractivity contribution is 6.08. The van der Waals surface area contributed by atoms with Gasteiger partial charge >= 0.3 is 5.97 Å². The van der Waals surface area contributed by atoms with E-state index in [1.807, 2.05) is 12.2 Å². The van der Waals surface area contributed by atoms with Crippen LogP contribution < -0.4 is 0 Å². The third-order valence-corrected chi connectivity index (χ3v) is 4.25. The van der Waals surface area contributed by atoms with Crippen molar-refractivity contribution in [3.05, 3.63) is 12.2 Å². The van der Waals surface area contributed by atoms with E-state index in [4.69, 9.17) is 5.11 Å². The van der Waals surface area contributed by atoms with Crippen LogP contribution in [0.1, 0.15) is 13.3 Å². The Morgan fingerprint density at radius 1 is 1.29 bits per heavy atom. The highest BCUT2D eigenvalue weighted by atomic mass is 16.4. The molecule has 90 valence electrons. The maximum absolute atomic E-state index is 12.1. The van der Waals surface area contributed by atoms with E-state index in [1.54, 1.807) is 0 Å². The zero-order valence-electron chi connectivity index (χ0n) is 9.37. The number of nitrogens with zero attached hydrogens (tertiary/aromatic N) is 1. The highest BCUT2D eigenvalue weighted by Crippen LogP contribution is 2.52. The van der Waals surface area contributed by atoms with Gasteiger partial charge in [0, 0.05) is 0 Å². The van der Waals surface area contributed by atoms with Crippen molar-refractivity contribution in [2.45, 2.75) is 19.4 Å². The first-order chi connectivity index (χ1) is 8.02. The van der Waals surface area contributed by atoms with Crippen molar-refractivity contribution < 1.29 is 19.5 Å². The van der Waals surface area contributed by atoms with Crippen molar-refractivity contribution in [1.82, 2.24) is 4.90 Å². The first kappa shape index (κ1) is 10.5. The fourth-order valence-electron chi connectivity index (χ4n) is 3.42. The Bertz CT molecular complexity index is 425. The molecule has 0 radical (unpaired) electrons. The first-order valence-electron chi connectivity index (χ1n) is 5.80. The van der Waals surface area contributed by atoms with Gasteiger partial charge in [-0.15, -0.1) is 0 Å². The number of allylic oxidation sites excluding steroid dienone is 2. The topological polar surface area (TPSA) is 74.7 Å². The lowest BCUT2D eigenvalue weighted by Crippen LogP contribution is -2.44. The van der Waals surface area contributed by atoms with E-state index in [9.17, 15) is 14.4 Å². The minimum absolute atomic E-state index is 0.132. The number of carboxylic acid groups (broad SMARTS) is 1. The minimum atomic E-state index is -1.13. The van der Waals surface area contributed by atoms with Gasteiger partial charge in [0.15, 0.2) is 0 Å². The number of hydrogen-bond donors (Lipinski definition) is 1. The second-order valence-electron chi connectivity index (χ2n) is 5.06. The number of carbonyl (C=O) groups excluding carboxylic acids is 2. The fraction of sp³-hybridized carbons (Fsp3) is 0.583. The van der Waals surface area contributed by atoms with E-state index in [0.29, 0.717) is 0 Å². The number of rotatable bonds is 2. The largest absolute Gasteiger partial charge is 0.480 e. The molecule has 0 aromatic heterocycles. The van der Waals surface area contributed by atoms with Crippen LogP contribution in [0.2, 0.25) is 0 Å². The SMILES string of the molecule is C[C@H](C(=O)O)N1C(=O)[C@@H]2[C@@H](C1=O)[C@H]1C=C[C@H]2C1. The van der Waals surface area contributed by atoms with Gasteiger partial charge in [0.25, 0.3) is 0 Å². The summed E-state index contributed by atoms with van der Waals surface area (Å²) in [5, 5.41) is 8.93. The van der Waals surface area contributed by atoms with Crippen molar-refractivity contribution in [3.63, 3.8) is 0 Å². The number of likely N-dealkylation sites (tertiary alicyclic amines) is 1. The standard InChI is InChI=1S/C12H13NO4/c1-5(12(16)17)13-10(14)8-6-2-3-7(4-6)9(8)11(13)15/h2-3,5-9H,4H2,1H3,(H,16,17)/t5-,6+,7+,8+,9+/m1/s1. The van der Waals surface area contributed by atoms with Crippen LogP contribution >= 0.6 is 0 Å². The summed E-state index contributed by atoms with van der Waals surface area (Å²) < 4.78 is 0. The monoisotopic (exact) mass is 235 g/mol. The van der Waals surface area contributed by atoms with Crippen LogP contribution in [0.5, 0.6) is 0 Å². The normalized spacial score (nSPS) is 39.9. The molecule has 2 amide bonds. The van der Waals surface area contributed by atoms with Crippen LogP contribution in [0.15, 0.2) is 12.2 Å². The van der Waals surface area contributed by atoms with Gasteiger partial charge < -0.3 is 5.11 Å². The average molecular weight is 235 g/mol. The molecule has 0 spiro atoms. The average Bonchev–Trinajstić information content (AvgIpc) is 2.92.